The van der Waals surface area contributed by atoms with Gasteiger partial charge >= 0.3 is 6.09 Å². The van der Waals surface area contributed by atoms with Gasteiger partial charge in [-0.1, -0.05) is 0 Å². The van der Waals surface area contributed by atoms with Gasteiger partial charge in [-0.15, -0.1) is 11.3 Å². The van der Waals surface area contributed by atoms with Crippen LogP contribution in [0.25, 0.3) is 0 Å². The highest BCUT2D eigenvalue weighted by molar-refractivity contribution is 7.89. The lowest BCUT2D eigenvalue weighted by Crippen LogP contribution is -2.34. The zero-order valence-electron chi connectivity index (χ0n) is 13.5. The van der Waals surface area contributed by atoms with E-state index in [-0.39, 0.29) is 11.4 Å². The highest BCUT2D eigenvalue weighted by Gasteiger charge is 2.33. The fourth-order valence-electron chi connectivity index (χ4n) is 2.40. The van der Waals surface area contributed by atoms with Crippen LogP contribution >= 0.6 is 11.3 Å². The zero-order chi connectivity index (χ0) is 17.9. The van der Waals surface area contributed by atoms with Crippen LogP contribution in [-0.2, 0) is 14.8 Å². The maximum atomic E-state index is 12.3. The largest absolute Gasteiger partial charge is 0.494 e. The van der Waals surface area contributed by atoms with Crippen molar-refractivity contribution in [1.29, 1.82) is 0 Å². The van der Waals surface area contributed by atoms with E-state index in [0.29, 0.717) is 18.9 Å². The first-order chi connectivity index (χ1) is 12.0. The molecular weight excluding hydrogens is 364 g/mol. The Bertz CT molecular complexity index is 819. The van der Waals surface area contributed by atoms with Crippen LogP contribution in [0, 0.1) is 0 Å². The van der Waals surface area contributed by atoms with Crippen molar-refractivity contribution in [3.8, 4) is 5.75 Å². The number of benzene rings is 1. The summed E-state index contributed by atoms with van der Waals surface area (Å²) in [4.78, 5) is 13.5. The third-order valence-electron chi connectivity index (χ3n) is 3.59. The van der Waals surface area contributed by atoms with Crippen molar-refractivity contribution in [3.05, 3.63) is 41.8 Å². The van der Waals surface area contributed by atoms with Crippen molar-refractivity contribution in [2.24, 2.45) is 0 Å². The van der Waals surface area contributed by atoms with E-state index in [2.05, 4.69) is 4.72 Å². The number of ether oxygens (including phenoxy) is 2. The predicted octanol–water partition coefficient (Wildman–Crippen LogP) is 2.45. The third kappa shape index (κ3) is 4.12. The summed E-state index contributed by atoms with van der Waals surface area (Å²) in [6.45, 7) is 2.70. The van der Waals surface area contributed by atoms with Gasteiger partial charge < -0.3 is 9.47 Å². The van der Waals surface area contributed by atoms with Crippen LogP contribution in [0.5, 0.6) is 5.75 Å². The van der Waals surface area contributed by atoms with Crippen molar-refractivity contribution in [1.82, 2.24) is 4.72 Å². The number of carbonyl (C=O) groups is 1. The Hall–Kier alpha value is -2.10. The number of hydrogen-bond donors (Lipinski definition) is 1. The van der Waals surface area contributed by atoms with Gasteiger partial charge in [0, 0.05) is 6.54 Å². The number of rotatable bonds is 7. The number of thiophene rings is 1. The highest BCUT2D eigenvalue weighted by atomic mass is 32.2. The molecule has 1 aromatic heterocycles. The van der Waals surface area contributed by atoms with Gasteiger partial charge in [0.1, 0.15) is 16.9 Å². The normalized spacial score (nSPS) is 17.6. The molecule has 25 heavy (non-hydrogen) atoms. The fraction of sp³-hybridized carbons (Fsp3) is 0.312. The molecule has 1 saturated heterocycles. The number of cyclic esters (lactones) is 1. The van der Waals surface area contributed by atoms with Gasteiger partial charge in [-0.3, -0.25) is 4.90 Å². The molecule has 134 valence electrons. The molecule has 1 unspecified atom stereocenters. The van der Waals surface area contributed by atoms with Crippen LogP contribution < -0.4 is 14.4 Å². The average molecular weight is 382 g/mol. The summed E-state index contributed by atoms with van der Waals surface area (Å²) in [6, 6.07) is 9.82. The lowest BCUT2D eigenvalue weighted by Gasteiger charge is -2.11. The maximum Gasteiger partial charge on any atom is 0.415 e. The molecule has 1 amide bonds. The molecule has 0 radical (unpaired) electrons. The predicted molar refractivity (Wildman–Crippen MR) is 94.7 cm³/mol. The molecule has 1 aliphatic heterocycles. The summed E-state index contributed by atoms with van der Waals surface area (Å²) in [7, 11) is -3.68. The number of hydrogen-bond acceptors (Lipinski definition) is 6. The van der Waals surface area contributed by atoms with Crippen LogP contribution in [0.15, 0.2) is 46.7 Å². The van der Waals surface area contributed by atoms with Crippen molar-refractivity contribution in [2.75, 3.05) is 24.6 Å². The number of sulfonamides is 1. The molecular formula is C16H18N2O5S2. The van der Waals surface area contributed by atoms with E-state index in [4.69, 9.17) is 9.47 Å². The first-order valence-electron chi connectivity index (χ1n) is 7.74. The summed E-state index contributed by atoms with van der Waals surface area (Å²) in [6.07, 6.45) is -1.00. The summed E-state index contributed by atoms with van der Waals surface area (Å²) >= 11 is 1.43. The second-order valence-electron chi connectivity index (χ2n) is 5.32. The van der Waals surface area contributed by atoms with E-state index in [1.165, 1.54) is 28.4 Å². The SMILES string of the molecule is CCOc1ccc(S(=O)(=O)NCC2CN(c3cccs3)C(=O)O2)cc1. The second kappa shape index (κ2) is 7.42. The van der Waals surface area contributed by atoms with Crippen molar-refractivity contribution >= 4 is 32.5 Å². The standard InChI is InChI=1S/C16H18N2O5S2/c1-2-22-12-5-7-14(8-6-12)25(20,21)17-10-13-11-18(16(19)23-13)15-4-3-9-24-15/h3-9,13,17H,2,10-11H2,1H3. The van der Waals surface area contributed by atoms with Crippen LogP contribution in [0.3, 0.4) is 0 Å². The molecule has 1 aromatic carbocycles. The smallest absolute Gasteiger partial charge is 0.415 e. The molecule has 7 nitrogen and oxygen atoms in total. The number of nitrogens with zero attached hydrogens (tertiary/aromatic N) is 1. The van der Waals surface area contributed by atoms with Crippen molar-refractivity contribution < 1.29 is 22.7 Å². The van der Waals surface area contributed by atoms with Gasteiger partial charge in [-0.25, -0.2) is 17.9 Å². The molecule has 2 aromatic rings. The Kier molecular flexibility index (Phi) is 5.26. The topological polar surface area (TPSA) is 84.9 Å². The molecule has 0 spiro atoms. The molecule has 1 N–H and O–H groups in total. The quantitative estimate of drug-likeness (QED) is 0.795. The Morgan fingerprint density at radius 2 is 2.08 bits per heavy atom. The summed E-state index contributed by atoms with van der Waals surface area (Å²) in [5.74, 6) is 0.609. The average Bonchev–Trinajstić information content (AvgIpc) is 3.23. The molecule has 1 aliphatic rings. The van der Waals surface area contributed by atoms with Gasteiger partial charge in [0.15, 0.2) is 0 Å². The van der Waals surface area contributed by atoms with Gasteiger partial charge in [0.05, 0.1) is 18.0 Å². The zero-order valence-corrected chi connectivity index (χ0v) is 15.2. The first kappa shape index (κ1) is 17.7. The van der Waals surface area contributed by atoms with Crippen molar-refractivity contribution in [3.63, 3.8) is 0 Å². The summed E-state index contributed by atoms with van der Waals surface area (Å²) in [5, 5.41) is 2.65. The Balaban J connectivity index is 1.60. The van der Waals surface area contributed by atoms with Crippen molar-refractivity contribution in [2.45, 2.75) is 17.9 Å². The minimum absolute atomic E-state index is 0.0170. The molecule has 1 fully saturated rings. The summed E-state index contributed by atoms with van der Waals surface area (Å²) < 4.78 is 37.7. The molecule has 0 aliphatic carbocycles. The molecule has 0 saturated carbocycles. The lowest BCUT2D eigenvalue weighted by molar-refractivity contribution is 0.143. The Morgan fingerprint density at radius 3 is 2.72 bits per heavy atom. The van der Waals surface area contributed by atoms with Gasteiger partial charge in [0.25, 0.3) is 0 Å². The van der Waals surface area contributed by atoms with E-state index in [9.17, 15) is 13.2 Å². The number of nitrogens with one attached hydrogen (secondary N) is 1. The highest BCUT2D eigenvalue weighted by Crippen LogP contribution is 2.26. The van der Waals surface area contributed by atoms with E-state index in [0.717, 1.165) is 5.00 Å². The van der Waals surface area contributed by atoms with E-state index >= 15 is 0 Å². The van der Waals surface area contributed by atoms with Crippen LogP contribution in [-0.4, -0.2) is 40.3 Å². The second-order valence-corrected chi connectivity index (χ2v) is 8.02. The minimum Gasteiger partial charge on any atom is -0.494 e. The molecule has 2 heterocycles. The maximum absolute atomic E-state index is 12.3. The number of carbonyl (C=O) groups excluding carboxylic acids is 1. The van der Waals surface area contributed by atoms with Gasteiger partial charge in [-0.2, -0.15) is 0 Å². The fourth-order valence-corrected chi connectivity index (χ4v) is 4.20. The van der Waals surface area contributed by atoms with Crippen LogP contribution in [0.4, 0.5) is 9.80 Å². The molecule has 9 heteroatoms. The van der Waals surface area contributed by atoms with Gasteiger partial charge in [0.2, 0.25) is 10.0 Å². The third-order valence-corrected chi connectivity index (χ3v) is 5.92. The van der Waals surface area contributed by atoms with E-state index < -0.39 is 22.2 Å². The Labute approximate surface area is 150 Å². The molecule has 3 rings (SSSR count). The molecule has 1 atom stereocenters. The van der Waals surface area contributed by atoms with Crippen LogP contribution in [0.1, 0.15) is 6.92 Å². The first-order valence-corrected chi connectivity index (χ1v) is 10.1. The molecule has 0 bridgehead atoms. The van der Waals surface area contributed by atoms with E-state index in [1.807, 2.05) is 24.4 Å². The Morgan fingerprint density at radius 1 is 1.32 bits per heavy atom. The number of anilines is 1. The minimum atomic E-state index is -3.68. The van der Waals surface area contributed by atoms with Crippen LogP contribution in [0.2, 0.25) is 0 Å². The summed E-state index contributed by atoms with van der Waals surface area (Å²) in [5.41, 5.74) is 0. The number of amides is 1. The monoisotopic (exact) mass is 382 g/mol. The lowest BCUT2D eigenvalue weighted by atomic mass is 10.3. The van der Waals surface area contributed by atoms with E-state index in [1.54, 1.807) is 12.1 Å². The van der Waals surface area contributed by atoms with Gasteiger partial charge in [-0.05, 0) is 48.7 Å².